The van der Waals surface area contributed by atoms with Crippen LogP contribution in [0, 0.1) is 3.57 Å². The Balaban J connectivity index is 2.31. The molecule has 1 fully saturated rings. The molecule has 1 aliphatic heterocycles. The van der Waals surface area contributed by atoms with Gasteiger partial charge in [-0.25, -0.2) is 0 Å². The third kappa shape index (κ3) is 2.19. The summed E-state index contributed by atoms with van der Waals surface area (Å²) in [5, 5.41) is 0. The Kier molecular flexibility index (Phi) is 3.04. The molecule has 15 heavy (non-hydrogen) atoms. The van der Waals surface area contributed by atoms with Crippen molar-refractivity contribution in [1.29, 1.82) is 0 Å². The number of amides is 2. The molecule has 0 saturated carbocycles. The maximum atomic E-state index is 11.6. The van der Waals surface area contributed by atoms with Crippen LogP contribution in [0.3, 0.4) is 0 Å². The molecule has 1 aromatic carbocycles. The molecular formula is C11H10INO2. The van der Waals surface area contributed by atoms with Gasteiger partial charge in [-0.05, 0) is 53.3 Å². The average molecular weight is 315 g/mol. The maximum absolute atomic E-state index is 11.6. The minimum atomic E-state index is -0.0903. The molecule has 1 aliphatic rings. The lowest BCUT2D eigenvalue weighted by molar-refractivity contribution is -0.129. The normalized spacial score (nSPS) is 17.0. The molecule has 0 unspecified atom stereocenters. The third-order valence-electron chi connectivity index (χ3n) is 2.36. The molecule has 0 aromatic heterocycles. The second-order valence-corrected chi connectivity index (χ2v) is 4.70. The molecule has 1 aromatic rings. The largest absolute Gasteiger partial charge is 0.274 e. The minimum absolute atomic E-state index is 0.0903. The molecular weight excluding hydrogens is 305 g/mol. The fourth-order valence-corrected chi connectivity index (χ4v) is 1.99. The fourth-order valence-electron chi connectivity index (χ4n) is 1.63. The van der Waals surface area contributed by atoms with Gasteiger partial charge in [-0.1, -0.05) is 0 Å². The highest BCUT2D eigenvalue weighted by Crippen LogP contribution is 2.22. The monoisotopic (exact) mass is 315 g/mol. The summed E-state index contributed by atoms with van der Waals surface area (Å²) in [5.41, 5.74) is 0.685. The number of halogens is 1. The number of imide groups is 1. The number of nitrogens with zero attached hydrogens (tertiary/aromatic N) is 1. The Labute approximate surface area is 102 Å². The molecule has 4 heteroatoms. The molecule has 0 spiro atoms. The first kappa shape index (κ1) is 10.6. The van der Waals surface area contributed by atoms with Gasteiger partial charge < -0.3 is 0 Å². The highest BCUT2D eigenvalue weighted by molar-refractivity contribution is 14.1. The standard InChI is InChI=1S/C11H10INO2/c12-8-4-6-9(7-5-8)13-10(14)2-1-3-11(13)15/h4-7H,1-3H2. The molecule has 2 amide bonds. The second kappa shape index (κ2) is 4.30. The van der Waals surface area contributed by atoms with E-state index in [9.17, 15) is 9.59 Å². The van der Waals surface area contributed by atoms with Gasteiger partial charge in [0.1, 0.15) is 0 Å². The lowest BCUT2D eigenvalue weighted by atomic mass is 10.1. The zero-order chi connectivity index (χ0) is 10.8. The summed E-state index contributed by atoms with van der Waals surface area (Å²) >= 11 is 2.19. The first-order valence-electron chi connectivity index (χ1n) is 4.80. The molecule has 0 aliphatic carbocycles. The van der Waals surface area contributed by atoms with Crippen LogP contribution in [-0.2, 0) is 9.59 Å². The number of anilines is 1. The Morgan fingerprint density at radius 1 is 1.00 bits per heavy atom. The number of hydrogen-bond acceptors (Lipinski definition) is 2. The molecule has 0 N–H and O–H groups in total. The zero-order valence-corrected chi connectivity index (χ0v) is 10.2. The fraction of sp³-hybridized carbons (Fsp3) is 0.273. The number of piperidine rings is 1. The van der Waals surface area contributed by atoms with Crippen molar-refractivity contribution in [1.82, 2.24) is 0 Å². The van der Waals surface area contributed by atoms with Crippen molar-refractivity contribution in [3.63, 3.8) is 0 Å². The molecule has 1 saturated heterocycles. The summed E-state index contributed by atoms with van der Waals surface area (Å²) < 4.78 is 1.09. The quantitative estimate of drug-likeness (QED) is 0.589. The van der Waals surface area contributed by atoms with Crippen molar-refractivity contribution in [2.75, 3.05) is 4.90 Å². The molecule has 0 radical (unpaired) electrons. The van der Waals surface area contributed by atoms with Gasteiger partial charge in [0, 0.05) is 16.4 Å². The van der Waals surface area contributed by atoms with Crippen LogP contribution in [-0.4, -0.2) is 11.8 Å². The van der Waals surface area contributed by atoms with E-state index >= 15 is 0 Å². The zero-order valence-electron chi connectivity index (χ0n) is 8.07. The van der Waals surface area contributed by atoms with Crippen molar-refractivity contribution in [3.8, 4) is 0 Å². The van der Waals surface area contributed by atoms with E-state index in [1.807, 2.05) is 24.3 Å². The molecule has 0 atom stereocenters. The van der Waals surface area contributed by atoms with Crippen LogP contribution in [0.4, 0.5) is 5.69 Å². The van der Waals surface area contributed by atoms with Crippen molar-refractivity contribution in [3.05, 3.63) is 27.8 Å². The van der Waals surface area contributed by atoms with Crippen molar-refractivity contribution >= 4 is 40.1 Å². The van der Waals surface area contributed by atoms with Crippen LogP contribution in [0.1, 0.15) is 19.3 Å². The Bertz CT molecular complexity index is 384. The number of carbonyl (C=O) groups is 2. The Morgan fingerprint density at radius 3 is 2.07 bits per heavy atom. The molecule has 78 valence electrons. The minimum Gasteiger partial charge on any atom is -0.274 e. The smallest absolute Gasteiger partial charge is 0.233 e. The van der Waals surface area contributed by atoms with Crippen molar-refractivity contribution in [2.24, 2.45) is 0 Å². The summed E-state index contributed by atoms with van der Waals surface area (Å²) in [6, 6.07) is 7.40. The van der Waals surface area contributed by atoms with Gasteiger partial charge in [-0.3, -0.25) is 14.5 Å². The van der Waals surface area contributed by atoms with E-state index in [1.54, 1.807) is 0 Å². The maximum Gasteiger partial charge on any atom is 0.233 e. The topological polar surface area (TPSA) is 37.4 Å². The van der Waals surface area contributed by atoms with E-state index in [2.05, 4.69) is 22.6 Å². The highest BCUT2D eigenvalue weighted by Gasteiger charge is 2.26. The lowest BCUT2D eigenvalue weighted by Gasteiger charge is -2.24. The van der Waals surface area contributed by atoms with Crippen molar-refractivity contribution in [2.45, 2.75) is 19.3 Å². The van der Waals surface area contributed by atoms with Gasteiger partial charge in [0.05, 0.1) is 5.69 Å². The molecule has 1 heterocycles. The molecule has 3 nitrogen and oxygen atoms in total. The molecule has 0 bridgehead atoms. The highest BCUT2D eigenvalue weighted by atomic mass is 127. The van der Waals surface area contributed by atoms with E-state index in [4.69, 9.17) is 0 Å². The van der Waals surface area contributed by atoms with E-state index < -0.39 is 0 Å². The van der Waals surface area contributed by atoms with Crippen molar-refractivity contribution < 1.29 is 9.59 Å². The summed E-state index contributed by atoms with van der Waals surface area (Å²) in [6.45, 7) is 0. The summed E-state index contributed by atoms with van der Waals surface area (Å²) in [4.78, 5) is 24.5. The number of rotatable bonds is 1. The number of hydrogen-bond donors (Lipinski definition) is 0. The first-order valence-corrected chi connectivity index (χ1v) is 5.88. The van der Waals surface area contributed by atoms with E-state index in [0.717, 1.165) is 3.57 Å². The first-order chi connectivity index (χ1) is 7.18. The predicted octanol–water partition coefficient (Wildman–Crippen LogP) is 2.33. The van der Waals surface area contributed by atoms with Crippen LogP contribution in [0.5, 0.6) is 0 Å². The van der Waals surface area contributed by atoms with Gasteiger partial charge in [0.2, 0.25) is 11.8 Å². The Morgan fingerprint density at radius 2 is 1.53 bits per heavy atom. The molecule has 2 rings (SSSR count). The lowest BCUT2D eigenvalue weighted by Crippen LogP contribution is -2.40. The SMILES string of the molecule is O=C1CCCC(=O)N1c1ccc(I)cc1. The number of benzene rings is 1. The van der Waals surface area contributed by atoms with Crippen LogP contribution < -0.4 is 4.90 Å². The predicted molar refractivity (Wildman–Crippen MR) is 65.5 cm³/mol. The van der Waals surface area contributed by atoms with E-state index in [1.165, 1.54) is 4.90 Å². The van der Waals surface area contributed by atoms with Crippen LogP contribution in [0.2, 0.25) is 0 Å². The third-order valence-corrected chi connectivity index (χ3v) is 3.08. The van der Waals surface area contributed by atoms with Crippen LogP contribution >= 0.6 is 22.6 Å². The number of carbonyl (C=O) groups excluding carboxylic acids is 2. The van der Waals surface area contributed by atoms with E-state index in [-0.39, 0.29) is 11.8 Å². The van der Waals surface area contributed by atoms with Gasteiger partial charge >= 0.3 is 0 Å². The van der Waals surface area contributed by atoms with Gasteiger partial charge in [-0.2, -0.15) is 0 Å². The van der Waals surface area contributed by atoms with Gasteiger partial charge in [0.25, 0.3) is 0 Å². The average Bonchev–Trinajstić information content (AvgIpc) is 2.20. The van der Waals surface area contributed by atoms with Gasteiger partial charge in [-0.15, -0.1) is 0 Å². The van der Waals surface area contributed by atoms with Gasteiger partial charge in [0.15, 0.2) is 0 Å². The summed E-state index contributed by atoms with van der Waals surface area (Å²) in [6.07, 6.45) is 1.62. The van der Waals surface area contributed by atoms with Crippen LogP contribution in [0.25, 0.3) is 0 Å². The Hall–Kier alpha value is -0.910. The summed E-state index contributed by atoms with van der Waals surface area (Å²) in [7, 11) is 0. The van der Waals surface area contributed by atoms with E-state index in [0.29, 0.717) is 24.9 Å². The summed E-state index contributed by atoms with van der Waals surface area (Å²) in [5.74, 6) is -0.181. The van der Waals surface area contributed by atoms with Crippen LogP contribution in [0.15, 0.2) is 24.3 Å². The second-order valence-electron chi connectivity index (χ2n) is 3.45.